The molecule has 1 heterocycles. The molecule has 27 heavy (non-hydrogen) atoms. The SMILES string of the molecule is O=C(OC[C@@H]1O[C@H](O)C(F)(F)[C@H]1OC(=O)c1ccccc1)c1ccccc1. The molecule has 1 saturated heterocycles. The van der Waals surface area contributed by atoms with Gasteiger partial charge in [0.15, 0.2) is 6.10 Å². The van der Waals surface area contributed by atoms with Crippen molar-refractivity contribution >= 4 is 11.9 Å². The lowest BCUT2D eigenvalue weighted by Gasteiger charge is -2.22. The van der Waals surface area contributed by atoms with E-state index in [1.165, 1.54) is 24.3 Å². The zero-order valence-electron chi connectivity index (χ0n) is 14.0. The van der Waals surface area contributed by atoms with Gasteiger partial charge in [0.1, 0.15) is 12.7 Å². The summed E-state index contributed by atoms with van der Waals surface area (Å²) in [6.07, 6.45) is -6.11. The largest absolute Gasteiger partial charge is 0.459 e. The summed E-state index contributed by atoms with van der Waals surface area (Å²) in [6.45, 7) is -0.618. The first-order chi connectivity index (χ1) is 12.9. The van der Waals surface area contributed by atoms with E-state index in [0.717, 1.165) is 0 Å². The number of aliphatic hydroxyl groups excluding tert-OH is 1. The number of halogens is 2. The quantitative estimate of drug-likeness (QED) is 0.805. The topological polar surface area (TPSA) is 82.1 Å². The highest BCUT2D eigenvalue weighted by Crippen LogP contribution is 2.37. The Morgan fingerprint density at radius 2 is 1.48 bits per heavy atom. The second-order valence-electron chi connectivity index (χ2n) is 5.86. The molecule has 0 aromatic heterocycles. The van der Waals surface area contributed by atoms with Crippen LogP contribution in [0.2, 0.25) is 0 Å². The molecule has 1 N–H and O–H groups in total. The van der Waals surface area contributed by atoms with E-state index in [-0.39, 0.29) is 11.1 Å². The van der Waals surface area contributed by atoms with Crippen LogP contribution in [-0.4, -0.2) is 48.1 Å². The van der Waals surface area contributed by atoms with E-state index < -0.39 is 43.0 Å². The fraction of sp³-hybridized carbons (Fsp3) is 0.263. The van der Waals surface area contributed by atoms with Crippen LogP contribution in [0, 0.1) is 0 Å². The van der Waals surface area contributed by atoms with Crippen LogP contribution < -0.4 is 0 Å². The molecule has 0 radical (unpaired) electrons. The van der Waals surface area contributed by atoms with Crippen molar-refractivity contribution in [3.05, 3.63) is 71.8 Å². The molecule has 6 nitrogen and oxygen atoms in total. The highest BCUT2D eigenvalue weighted by atomic mass is 19.3. The average molecular weight is 378 g/mol. The highest BCUT2D eigenvalue weighted by Gasteiger charge is 2.61. The number of aliphatic hydroxyl groups is 1. The number of esters is 2. The number of benzene rings is 2. The van der Waals surface area contributed by atoms with E-state index in [4.69, 9.17) is 14.2 Å². The second-order valence-corrected chi connectivity index (χ2v) is 5.86. The van der Waals surface area contributed by atoms with Gasteiger partial charge in [0.25, 0.3) is 0 Å². The van der Waals surface area contributed by atoms with E-state index in [1.807, 2.05) is 0 Å². The number of carbonyl (C=O) groups is 2. The Morgan fingerprint density at radius 1 is 0.963 bits per heavy atom. The van der Waals surface area contributed by atoms with Crippen LogP contribution in [-0.2, 0) is 14.2 Å². The van der Waals surface area contributed by atoms with Gasteiger partial charge >= 0.3 is 17.9 Å². The van der Waals surface area contributed by atoms with E-state index in [0.29, 0.717) is 0 Å². The van der Waals surface area contributed by atoms with E-state index in [9.17, 15) is 23.5 Å². The average Bonchev–Trinajstić information content (AvgIpc) is 2.90. The lowest BCUT2D eigenvalue weighted by molar-refractivity contribution is -0.199. The number of hydrogen-bond acceptors (Lipinski definition) is 6. The van der Waals surface area contributed by atoms with Gasteiger partial charge in [0.2, 0.25) is 6.29 Å². The highest BCUT2D eigenvalue weighted by molar-refractivity contribution is 5.90. The summed E-state index contributed by atoms with van der Waals surface area (Å²) < 4.78 is 43.0. The summed E-state index contributed by atoms with van der Waals surface area (Å²) in [5, 5.41) is 9.46. The molecule has 142 valence electrons. The van der Waals surface area contributed by atoms with E-state index in [2.05, 4.69) is 0 Å². The fourth-order valence-corrected chi connectivity index (χ4v) is 2.57. The number of alkyl halides is 2. The number of ether oxygens (including phenoxy) is 3. The molecule has 2 aromatic carbocycles. The first-order valence-electron chi connectivity index (χ1n) is 8.09. The Labute approximate surface area is 153 Å². The fourth-order valence-electron chi connectivity index (χ4n) is 2.57. The van der Waals surface area contributed by atoms with Gasteiger partial charge in [-0.25, -0.2) is 9.59 Å². The minimum Gasteiger partial charge on any atom is -0.459 e. The number of hydrogen-bond donors (Lipinski definition) is 1. The minimum absolute atomic E-state index is 0.0646. The zero-order chi connectivity index (χ0) is 19.4. The van der Waals surface area contributed by atoms with Gasteiger partial charge < -0.3 is 19.3 Å². The van der Waals surface area contributed by atoms with Crippen molar-refractivity contribution in [2.75, 3.05) is 6.61 Å². The monoisotopic (exact) mass is 378 g/mol. The summed E-state index contributed by atoms with van der Waals surface area (Å²) in [5.41, 5.74) is 0.287. The zero-order valence-corrected chi connectivity index (χ0v) is 14.0. The molecule has 0 unspecified atom stereocenters. The standard InChI is InChI=1S/C19H16F2O6/c20-19(21)15(27-17(23)13-9-5-2-6-10-13)14(26-18(19)24)11-25-16(22)12-7-3-1-4-8-12/h1-10,14-15,18,24H,11H2/t14-,15-,18-/m0/s1. The van der Waals surface area contributed by atoms with Crippen LogP contribution in [0.3, 0.4) is 0 Å². The smallest absolute Gasteiger partial charge is 0.338 e. The normalized spacial score (nSPS) is 23.6. The van der Waals surface area contributed by atoms with Crippen molar-refractivity contribution in [1.82, 2.24) is 0 Å². The molecule has 3 rings (SSSR count). The van der Waals surface area contributed by atoms with Crippen LogP contribution in [0.15, 0.2) is 60.7 Å². The van der Waals surface area contributed by atoms with Crippen LogP contribution in [0.4, 0.5) is 8.78 Å². The molecule has 0 amide bonds. The minimum atomic E-state index is -3.85. The summed E-state index contributed by atoms with van der Waals surface area (Å²) in [6, 6.07) is 15.5. The second kappa shape index (κ2) is 7.81. The molecule has 8 heteroatoms. The van der Waals surface area contributed by atoms with Crippen molar-refractivity contribution < 1.29 is 37.7 Å². The first kappa shape index (κ1) is 18.9. The van der Waals surface area contributed by atoms with Crippen molar-refractivity contribution in [2.24, 2.45) is 0 Å². The molecule has 0 saturated carbocycles. The molecule has 1 aliphatic heterocycles. The van der Waals surface area contributed by atoms with Crippen molar-refractivity contribution in [3.63, 3.8) is 0 Å². The van der Waals surface area contributed by atoms with Crippen molar-refractivity contribution in [1.29, 1.82) is 0 Å². The molecular weight excluding hydrogens is 362 g/mol. The number of rotatable bonds is 5. The Morgan fingerprint density at radius 3 is 2.04 bits per heavy atom. The first-order valence-corrected chi connectivity index (χ1v) is 8.09. The lowest BCUT2D eigenvalue weighted by atomic mass is 10.1. The molecular formula is C19H16F2O6. The van der Waals surface area contributed by atoms with E-state index in [1.54, 1.807) is 36.4 Å². The van der Waals surface area contributed by atoms with Crippen LogP contribution in [0.5, 0.6) is 0 Å². The van der Waals surface area contributed by atoms with Gasteiger partial charge in [-0.05, 0) is 24.3 Å². The third-order valence-corrected chi connectivity index (χ3v) is 3.98. The Bertz CT molecular complexity index is 796. The van der Waals surface area contributed by atoms with Gasteiger partial charge in [0.05, 0.1) is 11.1 Å². The Balaban J connectivity index is 1.69. The summed E-state index contributed by atoms with van der Waals surface area (Å²) in [4.78, 5) is 24.1. The number of carbonyl (C=O) groups excluding carboxylic acids is 2. The summed E-state index contributed by atoms with van der Waals surface area (Å²) >= 11 is 0. The third kappa shape index (κ3) is 4.12. The van der Waals surface area contributed by atoms with Crippen LogP contribution in [0.25, 0.3) is 0 Å². The molecule has 1 fully saturated rings. The maximum Gasteiger partial charge on any atom is 0.338 e. The van der Waals surface area contributed by atoms with Crippen LogP contribution >= 0.6 is 0 Å². The third-order valence-electron chi connectivity index (χ3n) is 3.98. The van der Waals surface area contributed by atoms with Crippen molar-refractivity contribution in [3.8, 4) is 0 Å². The van der Waals surface area contributed by atoms with Crippen molar-refractivity contribution in [2.45, 2.75) is 24.4 Å². The lowest BCUT2D eigenvalue weighted by Crippen LogP contribution is -2.44. The summed E-state index contributed by atoms with van der Waals surface area (Å²) in [5.74, 6) is -5.61. The Hall–Kier alpha value is -2.84. The van der Waals surface area contributed by atoms with Gasteiger partial charge in [0, 0.05) is 0 Å². The molecule has 2 aromatic rings. The van der Waals surface area contributed by atoms with Gasteiger partial charge in [-0.2, -0.15) is 8.78 Å². The van der Waals surface area contributed by atoms with E-state index >= 15 is 0 Å². The molecule has 3 atom stereocenters. The maximum atomic E-state index is 14.2. The van der Waals surface area contributed by atoms with Gasteiger partial charge in [-0.3, -0.25) is 0 Å². The van der Waals surface area contributed by atoms with Gasteiger partial charge in [-0.1, -0.05) is 36.4 Å². The predicted molar refractivity (Wildman–Crippen MR) is 88.2 cm³/mol. The molecule has 0 bridgehead atoms. The van der Waals surface area contributed by atoms with Gasteiger partial charge in [-0.15, -0.1) is 0 Å². The summed E-state index contributed by atoms with van der Waals surface area (Å²) in [7, 11) is 0. The Kier molecular flexibility index (Phi) is 5.48. The predicted octanol–water partition coefficient (Wildman–Crippen LogP) is 2.42. The molecule has 0 spiro atoms. The molecule has 0 aliphatic carbocycles. The van der Waals surface area contributed by atoms with Crippen LogP contribution in [0.1, 0.15) is 20.7 Å². The maximum absolute atomic E-state index is 14.2. The molecule has 1 aliphatic rings.